The van der Waals surface area contributed by atoms with Gasteiger partial charge in [-0.15, -0.1) is 0 Å². The number of aromatic nitrogens is 2. The van der Waals surface area contributed by atoms with E-state index in [4.69, 9.17) is 0 Å². The van der Waals surface area contributed by atoms with E-state index in [1.807, 2.05) is 6.92 Å². The maximum Gasteiger partial charge on any atom is 0.326 e. The van der Waals surface area contributed by atoms with Crippen LogP contribution in [0.3, 0.4) is 0 Å². The molecule has 0 spiro atoms. The summed E-state index contributed by atoms with van der Waals surface area (Å²) in [5.74, 6) is -0.990. The van der Waals surface area contributed by atoms with E-state index in [0.29, 0.717) is 24.3 Å². The van der Waals surface area contributed by atoms with Crippen molar-refractivity contribution >= 4 is 17.7 Å². The smallest absolute Gasteiger partial charge is 0.326 e. The molecule has 2 atom stereocenters. The molecule has 2 amide bonds. The van der Waals surface area contributed by atoms with Crippen molar-refractivity contribution in [1.29, 1.82) is 0 Å². The molecule has 0 bridgehead atoms. The molecular formula is C12H18N4O3. The summed E-state index contributed by atoms with van der Waals surface area (Å²) >= 11 is 0. The van der Waals surface area contributed by atoms with Crippen molar-refractivity contribution in [2.75, 3.05) is 11.9 Å². The monoisotopic (exact) mass is 266 g/mol. The van der Waals surface area contributed by atoms with Crippen LogP contribution in [0, 0.1) is 19.8 Å². The van der Waals surface area contributed by atoms with Crippen molar-refractivity contribution in [2.45, 2.75) is 33.2 Å². The van der Waals surface area contributed by atoms with Gasteiger partial charge in [0.25, 0.3) is 0 Å². The molecule has 0 saturated carbocycles. The third kappa shape index (κ3) is 2.40. The Balaban J connectivity index is 2.14. The molecule has 1 fully saturated rings. The summed E-state index contributed by atoms with van der Waals surface area (Å²) in [5, 5.41) is 18.7. The van der Waals surface area contributed by atoms with E-state index in [1.165, 1.54) is 4.90 Å². The molecule has 1 aromatic heterocycles. The van der Waals surface area contributed by atoms with E-state index in [1.54, 1.807) is 13.8 Å². The van der Waals surface area contributed by atoms with Gasteiger partial charge in [-0.3, -0.25) is 5.10 Å². The maximum absolute atomic E-state index is 12.2. The molecule has 7 nitrogen and oxygen atoms in total. The zero-order chi connectivity index (χ0) is 14.2. The Bertz CT molecular complexity index is 492. The summed E-state index contributed by atoms with van der Waals surface area (Å²) in [6, 6.07) is -1.14. The third-order valence-electron chi connectivity index (χ3n) is 3.57. The number of aromatic amines is 1. The van der Waals surface area contributed by atoms with Gasteiger partial charge in [0.05, 0.1) is 17.1 Å². The number of nitrogens with zero attached hydrogens (tertiary/aromatic N) is 2. The van der Waals surface area contributed by atoms with Crippen molar-refractivity contribution < 1.29 is 14.7 Å². The Kier molecular flexibility index (Phi) is 3.46. The van der Waals surface area contributed by atoms with Gasteiger partial charge in [0.15, 0.2) is 0 Å². The van der Waals surface area contributed by atoms with Crippen LogP contribution in [0.4, 0.5) is 10.5 Å². The first-order valence-electron chi connectivity index (χ1n) is 6.23. The molecule has 2 rings (SSSR count). The van der Waals surface area contributed by atoms with Crippen molar-refractivity contribution in [3.05, 3.63) is 11.4 Å². The lowest BCUT2D eigenvalue weighted by Crippen LogP contribution is -2.44. The molecular weight excluding hydrogens is 248 g/mol. The lowest BCUT2D eigenvalue weighted by molar-refractivity contribution is -0.142. The minimum atomic E-state index is -0.958. The lowest BCUT2D eigenvalue weighted by atomic mass is 10.0. The minimum absolute atomic E-state index is 0.0326. The van der Waals surface area contributed by atoms with Gasteiger partial charge in [-0.2, -0.15) is 5.10 Å². The molecule has 1 aliphatic heterocycles. The topological polar surface area (TPSA) is 98.3 Å². The molecule has 1 aromatic rings. The Hall–Kier alpha value is -2.05. The number of nitrogens with one attached hydrogen (secondary N) is 2. The minimum Gasteiger partial charge on any atom is -0.480 e. The van der Waals surface area contributed by atoms with Crippen LogP contribution in [-0.2, 0) is 4.79 Å². The summed E-state index contributed by atoms with van der Waals surface area (Å²) in [7, 11) is 0. The Morgan fingerprint density at radius 1 is 1.47 bits per heavy atom. The van der Waals surface area contributed by atoms with E-state index < -0.39 is 12.0 Å². The average Bonchev–Trinajstić information content (AvgIpc) is 2.86. The first-order valence-corrected chi connectivity index (χ1v) is 6.23. The van der Waals surface area contributed by atoms with Crippen molar-refractivity contribution in [2.24, 2.45) is 5.92 Å². The van der Waals surface area contributed by atoms with Crippen LogP contribution in [0.2, 0.25) is 0 Å². The normalized spacial score (nSPS) is 22.6. The zero-order valence-electron chi connectivity index (χ0n) is 11.2. The number of carbonyl (C=O) groups is 2. The molecule has 0 radical (unpaired) electrons. The fraction of sp³-hybridized carbons (Fsp3) is 0.583. The van der Waals surface area contributed by atoms with Crippen LogP contribution in [0.15, 0.2) is 0 Å². The van der Waals surface area contributed by atoms with Crippen LogP contribution in [0.5, 0.6) is 0 Å². The molecule has 3 N–H and O–H groups in total. The van der Waals surface area contributed by atoms with Crippen LogP contribution >= 0.6 is 0 Å². The van der Waals surface area contributed by atoms with Gasteiger partial charge in [-0.05, 0) is 26.2 Å². The number of H-pyrrole nitrogens is 1. The van der Waals surface area contributed by atoms with Crippen molar-refractivity contribution in [3.8, 4) is 0 Å². The number of carboxylic acid groups (broad SMARTS) is 1. The van der Waals surface area contributed by atoms with Crippen molar-refractivity contribution in [3.63, 3.8) is 0 Å². The van der Waals surface area contributed by atoms with Crippen LogP contribution in [0.25, 0.3) is 0 Å². The van der Waals surface area contributed by atoms with Gasteiger partial charge < -0.3 is 15.3 Å². The highest BCUT2D eigenvalue weighted by Gasteiger charge is 2.39. The standard InChI is InChI=1S/C12H18N4O3/c1-6-4-5-16(10(6)11(17)18)12(19)13-9-7(2)14-15-8(9)3/h6,10H,4-5H2,1-3H3,(H,13,19)(H,14,15)(H,17,18). The fourth-order valence-electron chi connectivity index (χ4n) is 2.47. The van der Waals surface area contributed by atoms with Gasteiger partial charge in [0.1, 0.15) is 6.04 Å². The highest BCUT2D eigenvalue weighted by molar-refractivity contribution is 5.93. The Morgan fingerprint density at radius 3 is 2.68 bits per heavy atom. The molecule has 7 heteroatoms. The number of hydrogen-bond acceptors (Lipinski definition) is 3. The third-order valence-corrected chi connectivity index (χ3v) is 3.57. The maximum atomic E-state index is 12.2. The van der Waals surface area contributed by atoms with Crippen molar-refractivity contribution in [1.82, 2.24) is 15.1 Å². The number of carbonyl (C=O) groups excluding carboxylic acids is 1. The predicted octanol–water partition coefficient (Wildman–Crippen LogP) is 1.35. The van der Waals surface area contributed by atoms with E-state index in [-0.39, 0.29) is 11.9 Å². The number of hydrogen-bond donors (Lipinski definition) is 3. The van der Waals surface area contributed by atoms with Gasteiger partial charge in [0.2, 0.25) is 0 Å². The largest absolute Gasteiger partial charge is 0.480 e. The summed E-state index contributed by atoms with van der Waals surface area (Å²) in [6.07, 6.45) is 0.702. The van der Waals surface area contributed by atoms with Gasteiger partial charge in [0, 0.05) is 6.54 Å². The number of rotatable bonds is 2. The number of likely N-dealkylation sites (tertiary alicyclic amines) is 1. The average molecular weight is 266 g/mol. The van der Waals surface area contributed by atoms with Gasteiger partial charge in [-0.1, -0.05) is 6.92 Å². The first kappa shape index (κ1) is 13.4. The quantitative estimate of drug-likeness (QED) is 0.752. The highest BCUT2D eigenvalue weighted by Crippen LogP contribution is 2.25. The lowest BCUT2D eigenvalue weighted by Gasteiger charge is -2.23. The van der Waals surface area contributed by atoms with Gasteiger partial charge in [-0.25, -0.2) is 9.59 Å². The first-order chi connectivity index (χ1) is 8.91. The molecule has 19 heavy (non-hydrogen) atoms. The predicted molar refractivity (Wildman–Crippen MR) is 69.0 cm³/mol. The zero-order valence-corrected chi connectivity index (χ0v) is 11.2. The summed E-state index contributed by atoms with van der Waals surface area (Å²) in [5.41, 5.74) is 2.06. The molecule has 0 aromatic carbocycles. The second kappa shape index (κ2) is 4.91. The molecule has 2 heterocycles. The highest BCUT2D eigenvalue weighted by atomic mass is 16.4. The molecule has 1 saturated heterocycles. The number of carboxylic acids is 1. The van der Waals surface area contributed by atoms with E-state index in [0.717, 1.165) is 5.69 Å². The summed E-state index contributed by atoms with van der Waals surface area (Å²) in [4.78, 5) is 24.8. The Morgan fingerprint density at radius 2 is 2.16 bits per heavy atom. The number of aliphatic carboxylic acids is 1. The van der Waals surface area contributed by atoms with E-state index in [9.17, 15) is 14.7 Å². The number of urea groups is 1. The number of amides is 2. The fourth-order valence-corrected chi connectivity index (χ4v) is 2.47. The molecule has 104 valence electrons. The molecule has 0 aliphatic carbocycles. The van der Waals surface area contributed by atoms with Gasteiger partial charge >= 0.3 is 12.0 Å². The van der Waals surface area contributed by atoms with E-state index >= 15 is 0 Å². The second-order valence-corrected chi connectivity index (χ2v) is 4.98. The van der Waals surface area contributed by atoms with Crippen LogP contribution < -0.4 is 5.32 Å². The summed E-state index contributed by atoms with van der Waals surface area (Å²) in [6.45, 7) is 5.89. The SMILES string of the molecule is Cc1n[nH]c(C)c1NC(=O)N1CCC(C)C1C(=O)O. The van der Waals surface area contributed by atoms with E-state index in [2.05, 4.69) is 15.5 Å². The summed E-state index contributed by atoms with van der Waals surface area (Å²) < 4.78 is 0. The van der Waals surface area contributed by atoms with Crippen LogP contribution in [-0.4, -0.2) is 44.8 Å². The molecule has 2 unspecified atom stereocenters. The number of aryl methyl sites for hydroxylation is 2. The van der Waals surface area contributed by atoms with Crippen LogP contribution in [0.1, 0.15) is 24.7 Å². The molecule has 1 aliphatic rings. The second-order valence-electron chi connectivity index (χ2n) is 4.98. The number of anilines is 1. The Labute approximate surface area is 111 Å².